The zero-order chi connectivity index (χ0) is 12.6. The average molecular weight is 287 g/mol. The average Bonchev–Trinajstić information content (AvgIpc) is 2.12. The van der Waals surface area contributed by atoms with Gasteiger partial charge in [0, 0.05) is 0 Å². The third kappa shape index (κ3) is 2.60. The van der Waals surface area contributed by atoms with Crippen LogP contribution in [0.1, 0.15) is 26.7 Å². The molecule has 0 aromatic rings. The summed E-state index contributed by atoms with van der Waals surface area (Å²) in [5, 5.41) is -0.790. The molecule has 0 fully saturated rings. The van der Waals surface area contributed by atoms with E-state index in [9.17, 15) is 16.8 Å². The molecule has 0 N–H and O–H groups in total. The van der Waals surface area contributed by atoms with Gasteiger partial charge < -0.3 is 0 Å². The van der Waals surface area contributed by atoms with Crippen LogP contribution in [0.4, 0.5) is 0 Å². The van der Waals surface area contributed by atoms with Crippen molar-refractivity contribution in [2.75, 3.05) is 11.5 Å². The first-order chi connectivity index (χ1) is 7.22. The molecule has 1 heterocycles. The predicted molar refractivity (Wildman–Crippen MR) is 64.8 cm³/mol. The number of hydrogen-bond acceptors (Lipinski definition) is 4. The summed E-state index contributed by atoms with van der Waals surface area (Å²) in [6, 6.07) is 0. The highest BCUT2D eigenvalue weighted by atomic mass is 35.5. The molecule has 1 atom stereocenters. The highest BCUT2D eigenvalue weighted by Crippen LogP contribution is 2.32. The third-order valence-corrected chi connectivity index (χ3v) is 7.11. The van der Waals surface area contributed by atoms with Gasteiger partial charge in [0.1, 0.15) is 0 Å². The minimum Gasteiger partial charge on any atom is -0.224 e. The van der Waals surface area contributed by atoms with Gasteiger partial charge in [0.2, 0.25) is 0 Å². The number of hydrogen-bond donors (Lipinski definition) is 0. The molecule has 94 valence electrons. The minimum atomic E-state index is -3.50. The fourth-order valence-corrected chi connectivity index (χ4v) is 7.28. The molecule has 0 aliphatic carbocycles. The quantitative estimate of drug-likeness (QED) is 0.737. The Morgan fingerprint density at radius 3 is 2.12 bits per heavy atom. The number of allylic oxidation sites excluding steroid dienone is 2. The van der Waals surface area contributed by atoms with Crippen molar-refractivity contribution in [3.63, 3.8) is 0 Å². The second-order valence-electron chi connectivity index (χ2n) is 3.79. The predicted octanol–water partition coefficient (Wildman–Crippen LogP) is 1.47. The van der Waals surface area contributed by atoms with E-state index in [0.717, 1.165) is 0 Å². The van der Waals surface area contributed by atoms with E-state index in [1.807, 2.05) is 0 Å². The number of alkyl halides is 1. The fraction of sp³-hybridized carbons (Fsp3) is 0.778. The van der Waals surface area contributed by atoms with Gasteiger partial charge in [0.05, 0.1) is 26.7 Å². The molecule has 7 heteroatoms. The molecule has 0 saturated carbocycles. The van der Waals surface area contributed by atoms with E-state index in [0.29, 0.717) is 6.42 Å². The molecule has 1 aliphatic heterocycles. The third-order valence-electron chi connectivity index (χ3n) is 2.44. The van der Waals surface area contributed by atoms with Crippen molar-refractivity contribution in [1.82, 2.24) is 0 Å². The fourth-order valence-electron chi connectivity index (χ4n) is 1.75. The molecule has 0 radical (unpaired) electrons. The van der Waals surface area contributed by atoms with Crippen molar-refractivity contribution >= 4 is 31.3 Å². The van der Waals surface area contributed by atoms with Gasteiger partial charge in [0.15, 0.2) is 19.7 Å². The van der Waals surface area contributed by atoms with Crippen LogP contribution in [0.2, 0.25) is 0 Å². The maximum Gasteiger partial charge on any atom is 0.178 e. The maximum absolute atomic E-state index is 11.8. The first kappa shape index (κ1) is 14.0. The number of sulfone groups is 2. The van der Waals surface area contributed by atoms with E-state index < -0.39 is 25.1 Å². The molecule has 16 heavy (non-hydrogen) atoms. The van der Waals surface area contributed by atoms with E-state index in [1.54, 1.807) is 6.92 Å². The Morgan fingerprint density at radius 2 is 1.69 bits per heavy atom. The lowest BCUT2D eigenvalue weighted by atomic mass is 10.3. The molecule has 1 rings (SSSR count). The summed E-state index contributed by atoms with van der Waals surface area (Å²) in [6.45, 7) is 3.30. The highest BCUT2D eigenvalue weighted by molar-refractivity contribution is 8.02. The van der Waals surface area contributed by atoms with Gasteiger partial charge in [0.25, 0.3) is 0 Å². The van der Waals surface area contributed by atoms with E-state index >= 15 is 0 Å². The number of halogens is 1. The SMILES string of the molecule is CCCC1=C(C(C)Cl)S(=O)(=O)CCS1(=O)=O. The smallest absolute Gasteiger partial charge is 0.178 e. The van der Waals surface area contributed by atoms with E-state index in [1.165, 1.54) is 6.92 Å². The normalized spacial score (nSPS) is 25.4. The van der Waals surface area contributed by atoms with Crippen LogP contribution >= 0.6 is 11.6 Å². The van der Waals surface area contributed by atoms with Crippen molar-refractivity contribution in [2.24, 2.45) is 0 Å². The Hall–Kier alpha value is -0.0700. The topological polar surface area (TPSA) is 68.3 Å². The van der Waals surface area contributed by atoms with Gasteiger partial charge in [-0.15, -0.1) is 11.6 Å². The van der Waals surface area contributed by atoms with Crippen molar-refractivity contribution < 1.29 is 16.8 Å². The van der Waals surface area contributed by atoms with Crippen molar-refractivity contribution in [1.29, 1.82) is 0 Å². The highest BCUT2D eigenvalue weighted by Gasteiger charge is 2.37. The summed E-state index contributed by atoms with van der Waals surface area (Å²) in [6.07, 6.45) is 0.825. The van der Waals surface area contributed by atoms with Crippen LogP contribution < -0.4 is 0 Å². The lowest BCUT2D eigenvalue weighted by Crippen LogP contribution is -2.30. The summed E-state index contributed by atoms with van der Waals surface area (Å²) in [5.74, 6) is -0.674. The second kappa shape index (κ2) is 4.66. The summed E-state index contributed by atoms with van der Waals surface area (Å²) in [5.41, 5.74) is 0. The molecule has 1 unspecified atom stereocenters. The van der Waals surface area contributed by atoms with Crippen LogP contribution in [0.25, 0.3) is 0 Å². The summed E-state index contributed by atoms with van der Waals surface area (Å²) < 4.78 is 47.2. The van der Waals surface area contributed by atoms with Crippen molar-refractivity contribution in [3.05, 3.63) is 9.81 Å². The van der Waals surface area contributed by atoms with Crippen LogP contribution in [0.5, 0.6) is 0 Å². The molecular formula is C9H15ClO4S2. The Morgan fingerprint density at radius 1 is 1.19 bits per heavy atom. The van der Waals surface area contributed by atoms with Gasteiger partial charge in [-0.1, -0.05) is 13.3 Å². The Kier molecular flexibility index (Phi) is 4.08. The van der Waals surface area contributed by atoms with Gasteiger partial charge in [-0.05, 0) is 13.3 Å². The molecule has 0 aromatic carbocycles. The van der Waals surface area contributed by atoms with Crippen LogP contribution in [-0.2, 0) is 19.7 Å². The van der Waals surface area contributed by atoms with Crippen LogP contribution in [0.3, 0.4) is 0 Å². The molecule has 1 aliphatic rings. The van der Waals surface area contributed by atoms with Gasteiger partial charge in [-0.25, -0.2) is 16.8 Å². The lowest BCUT2D eigenvalue weighted by Gasteiger charge is -2.22. The van der Waals surface area contributed by atoms with E-state index in [4.69, 9.17) is 11.6 Å². The summed E-state index contributed by atoms with van der Waals surface area (Å²) in [4.78, 5) is -0.0778. The molecule has 0 spiro atoms. The molecular weight excluding hydrogens is 272 g/mol. The standard InChI is InChI=1S/C9H15ClO4S2/c1-3-4-8-9(7(2)10)16(13,14)6-5-15(8,11)12/h7H,3-6H2,1-2H3. The molecule has 0 amide bonds. The molecule has 0 aromatic heterocycles. The van der Waals surface area contributed by atoms with Crippen molar-refractivity contribution in [3.8, 4) is 0 Å². The monoisotopic (exact) mass is 286 g/mol. The van der Waals surface area contributed by atoms with Crippen molar-refractivity contribution in [2.45, 2.75) is 32.1 Å². The van der Waals surface area contributed by atoms with Gasteiger partial charge in [-0.2, -0.15) is 0 Å². The van der Waals surface area contributed by atoms with Crippen LogP contribution in [-0.4, -0.2) is 33.7 Å². The second-order valence-corrected chi connectivity index (χ2v) is 8.65. The Bertz CT molecular complexity index is 500. The zero-order valence-corrected chi connectivity index (χ0v) is 11.6. The minimum absolute atomic E-state index is 0.0174. The largest absolute Gasteiger partial charge is 0.224 e. The van der Waals surface area contributed by atoms with E-state index in [2.05, 4.69) is 0 Å². The van der Waals surface area contributed by atoms with Gasteiger partial charge in [-0.3, -0.25) is 0 Å². The van der Waals surface area contributed by atoms with Crippen LogP contribution in [0, 0.1) is 0 Å². The number of rotatable bonds is 3. The Labute approximate surface area is 102 Å². The first-order valence-electron chi connectivity index (χ1n) is 5.05. The molecule has 0 saturated heterocycles. The van der Waals surface area contributed by atoms with E-state index in [-0.39, 0.29) is 27.7 Å². The Balaban J connectivity index is 3.53. The lowest BCUT2D eigenvalue weighted by molar-refractivity contribution is 0.586. The maximum atomic E-state index is 11.8. The first-order valence-corrected chi connectivity index (χ1v) is 8.79. The van der Waals surface area contributed by atoms with Crippen LogP contribution in [0.15, 0.2) is 9.81 Å². The summed E-state index contributed by atoms with van der Waals surface area (Å²) in [7, 11) is -6.93. The zero-order valence-electron chi connectivity index (χ0n) is 9.23. The van der Waals surface area contributed by atoms with Gasteiger partial charge >= 0.3 is 0 Å². The molecule has 0 bridgehead atoms. The molecule has 4 nitrogen and oxygen atoms in total. The summed E-state index contributed by atoms with van der Waals surface area (Å²) >= 11 is 5.80.